The lowest BCUT2D eigenvalue weighted by atomic mass is 10.0. The van der Waals surface area contributed by atoms with Gasteiger partial charge in [-0.3, -0.25) is 0 Å². The molecule has 1 rings (SSSR count). The number of hydrogen-bond acceptors (Lipinski definition) is 2. The minimum absolute atomic E-state index is 0.201. The Morgan fingerprint density at radius 1 is 1.29 bits per heavy atom. The Kier molecular flexibility index (Phi) is 6.16. The van der Waals surface area contributed by atoms with E-state index >= 15 is 0 Å². The van der Waals surface area contributed by atoms with Gasteiger partial charge >= 0.3 is 0 Å². The fourth-order valence-electron chi connectivity index (χ4n) is 1.85. The van der Waals surface area contributed by atoms with Gasteiger partial charge in [-0.15, -0.1) is 0 Å². The molecule has 0 radical (unpaired) electrons. The first-order valence-electron chi connectivity index (χ1n) is 6.27. The molecule has 1 aromatic carbocycles. The first-order valence-corrected chi connectivity index (χ1v) is 6.27. The summed E-state index contributed by atoms with van der Waals surface area (Å²) in [5.41, 5.74) is 1.09. The molecule has 2 N–H and O–H groups in total. The zero-order valence-electron chi connectivity index (χ0n) is 10.6. The largest absolute Gasteiger partial charge is 0.396 e. The van der Waals surface area contributed by atoms with E-state index in [4.69, 9.17) is 5.11 Å². The Bertz CT molecular complexity index is 313. The lowest BCUT2D eigenvalue weighted by molar-refractivity contribution is 0.249. The average molecular weight is 239 g/mol. The smallest absolute Gasteiger partial charge is 0.123 e. The highest BCUT2D eigenvalue weighted by molar-refractivity contribution is 5.19. The molecule has 1 aromatic rings. The van der Waals surface area contributed by atoms with Crippen molar-refractivity contribution in [3.8, 4) is 0 Å². The molecule has 0 saturated heterocycles. The van der Waals surface area contributed by atoms with Gasteiger partial charge in [0.1, 0.15) is 5.82 Å². The first-order chi connectivity index (χ1) is 8.17. The zero-order valence-corrected chi connectivity index (χ0v) is 10.6. The number of aliphatic hydroxyl groups excluding tert-OH is 1. The van der Waals surface area contributed by atoms with Crippen molar-refractivity contribution in [1.82, 2.24) is 5.32 Å². The van der Waals surface area contributed by atoms with Crippen LogP contribution in [0.1, 0.15) is 38.3 Å². The summed E-state index contributed by atoms with van der Waals surface area (Å²) >= 11 is 0. The Morgan fingerprint density at radius 3 is 2.47 bits per heavy atom. The van der Waals surface area contributed by atoms with Crippen molar-refractivity contribution in [1.29, 1.82) is 0 Å². The summed E-state index contributed by atoms with van der Waals surface area (Å²) in [7, 11) is 0. The second-order valence-electron chi connectivity index (χ2n) is 4.47. The molecule has 2 nitrogen and oxygen atoms in total. The van der Waals surface area contributed by atoms with Gasteiger partial charge in [0, 0.05) is 12.6 Å². The molecule has 3 heteroatoms. The highest BCUT2D eigenvalue weighted by Crippen LogP contribution is 2.14. The third-order valence-corrected chi connectivity index (χ3v) is 3.20. The Morgan fingerprint density at radius 2 is 1.94 bits per heavy atom. The zero-order chi connectivity index (χ0) is 12.7. The van der Waals surface area contributed by atoms with Crippen molar-refractivity contribution in [2.45, 2.75) is 32.7 Å². The lowest BCUT2D eigenvalue weighted by Gasteiger charge is -2.19. The van der Waals surface area contributed by atoms with Crippen LogP contribution in [-0.2, 0) is 0 Å². The van der Waals surface area contributed by atoms with E-state index in [1.807, 2.05) is 0 Å². The topological polar surface area (TPSA) is 32.3 Å². The highest BCUT2D eigenvalue weighted by atomic mass is 19.1. The van der Waals surface area contributed by atoms with Crippen LogP contribution in [-0.4, -0.2) is 18.3 Å². The maximum absolute atomic E-state index is 12.8. The van der Waals surface area contributed by atoms with Crippen LogP contribution in [0.4, 0.5) is 4.39 Å². The molecule has 2 atom stereocenters. The van der Waals surface area contributed by atoms with Crippen molar-refractivity contribution in [2.75, 3.05) is 13.2 Å². The van der Waals surface area contributed by atoms with Crippen LogP contribution in [0.3, 0.4) is 0 Å². The van der Waals surface area contributed by atoms with Gasteiger partial charge in [0.15, 0.2) is 0 Å². The molecule has 0 aliphatic carbocycles. The van der Waals surface area contributed by atoms with E-state index in [2.05, 4.69) is 19.2 Å². The molecule has 0 amide bonds. The molecule has 0 spiro atoms. The van der Waals surface area contributed by atoms with E-state index < -0.39 is 0 Å². The van der Waals surface area contributed by atoms with Crippen LogP contribution in [0, 0.1) is 11.7 Å². The Hall–Kier alpha value is -0.930. The van der Waals surface area contributed by atoms with E-state index in [1.165, 1.54) is 12.1 Å². The van der Waals surface area contributed by atoms with Crippen LogP contribution >= 0.6 is 0 Å². The lowest BCUT2D eigenvalue weighted by Crippen LogP contribution is -2.26. The normalized spacial score (nSPS) is 14.6. The van der Waals surface area contributed by atoms with E-state index in [0.717, 1.165) is 24.9 Å². The summed E-state index contributed by atoms with van der Waals surface area (Å²) in [5.74, 6) is 0.301. The van der Waals surface area contributed by atoms with Crippen molar-refractivity contribution < 1.29 is 9.50 Å². The summed E-state index contributed by atoms with van der Waals surface area (Å²) in [4.78, 5) is 0. The van der Waals surface area contributed by atoms with Crippen LogP contribution in [0.15, 0.2) is 24.3 Å². The molecule has 0 aliphatic heterocycles. The number of nitrogens with one attached hydrogen (secondary N) is 1. The Labute approximate surface area is 103 Å². The minimum Gasteiger partial charge on any atom is -0.396 e. The molecule has 0 heterocycles. The fraction of sp³-hybridized carbons (Fsp3) is 0.571. The highest BCUT2D eigenvalue weighted by Gasteiger charge is 2.09. The molecule has 0 aliphatic rings. The number of aliphatic hydroxyl groups is 1. The molecular weight excluding hydrogens is 217 g/mol. The number of halogens is 1. The summed E-state index contributed by atoms with van der Waals surface area (Å²) in [6, 6.07) is 6.79. The summed E-state index contributed by atoms with van der Waals surface area (Å²) in [6.45, 7) is 5.32. The van der Waals surface area contributed by atoms with Crippen molar-refractivity contribution in [2.24, 2.45) is 5.92 Å². The molecule has 17 heavy (non-hydrogen) atoms. The van der Waals surface area contributed by atoms with Gasteiger partial charge in [-0.05, 0) is 43.5 Å². The molecule has 96 valence electrons. The van der Waals surface area contributed by atoms with Crippen LogP contribution in [0.25, 0.3) is 0 Å². The molecule has 0 aromatic heterocycles. The predicted molar refractivity (Wildman–Crippen MR) is 68.3 cm³/mol. The van der Waals surface area contributed by atoms with Crippen molar-refractivity contribution in [3.05, 3.63) is 35.6 Å². The van der Waals surface area contributed by atoms with Gasteiger partial charge < -0.3 is 10.4 Å². The predicted octanol–water partition coefficient (Wildman–Crippen LogP) is 2.88. The van der Waals surface area contributed by atoms with Gasteiger partial charge in [-0.1, -0.05) is 25.5 Å². The second kappa shape index (κ2) is 7.41. The van der Waals surface area contributed by atoms with Crippen LogP contribution in [0.2, 0.25) is 0 Å². The van der Waals surface area contributed by atoms with Gasteiger partial charge in [0.2, 0.25) is 0 Å². The van der Waals surface area contributed by atoms with E-state index in [1.54, 1.807) is 12.1 Å². The summed E-state index contributed by atoms with van der Waals surface area (Å²) in [5, 5.41) is 12.3. The van der Waals surface area contributed by atoms with E-state index in [0.29, 0.717) is 5.92 Å². The van der Waals surface area contributed by atoms with Crippen LogP contribution < -0.4 is 5.32 Å². The summed E-state index contributed by atoms with van der Waals surface area (Å²) in [6.07, 6.45) is 1.89. The SMILES string of the molecule is CCC(CCO)CNC(C)c1ccc(F)cc1. The Balaban J connectivity index is 2.43. The molecule has 2 unspecified atom stereocenters. The maximum Gasteiger partial charge on any atom is 0.123 e. The van der Waals surface area contributed by atoms with Gasteiger partial charge in [-0.25, -0.2) is 4.39 Å². The van der Waals surface area contributed by atoms with Crippen molar-refractivity contribution >= 4 is 0 Å². The van der Waals surface area contributed by atoms with Crippen LogP contribution in [0.5, 0.6) is 0 Å². The third kappa shape index (κ3) is 4.84. The van der Waals surface area contributed by atoms with Crippen molar-refractivity contribution in [3.63, 3.8) is 0 Å². The van der Waals surface area contributed by atoms with E-state index in [-0.39, 0.29) is 18.5 Å². The number of hydrogen-bond donors (Lipinski definition) is 2. The monoisotopic (exact) mass is 239 g/mol. The minimum atomic E-state index is -0.201. The standard InChI is InChI=1S/C14H22FNO/c1-3-12(8-9-17)10-16-11(2)13-4-6-14(15)7-5-13/h4-7,11-12,16-17H,3,8-10H2,1-2H3. The van der Waals surface area contributed by atoms with Gasteiger partial charge in [-0.2, -0.15) is 0 Å². The number of rotatable bonds is 7. The molecular formula is C14H22FNO. The van der Waals surface area contributed by atoms with E-state index in [9.17, 15) is 4.39 Å². The molecule has 0 bridgehead atoms. The maximum atomic E-state index is 12.8. The molecule has 0 fully saturated rings. The van der Waals surface area contributed by atoms with Gasteiger partial charge in [0.25, 0.3) is 0 Å². The fourth-order valence-corrected chi connectivity index (χ4v) is 1.85. The second-order valence-corrected chi connectivity index (χ2v) is 4.47. The average Bonchev–Trinajstić information content (AvgIpc) is 2.35. The summed E-state index contributed by atoms with van der Waals surface area (Å²) < 4.78 is 12.8. The molecule has 0 saturated carbocycles. The quantitative estimate of drug-likeness (QED) is 0.767. The first kappa shape index (κ1) is 14.1. The third-order valence-electron chi connectivity index (χ3n) is 3.20. The number of benzene rings is 1. The van der Waals surface area contributed by atoms with Gasteiger partial charge in [0.05, 0.1) is 0 Å².